The molecule has 146 valence electrons. The van der Waals surface area contributed by atoms with E-state index in [0.717, 1.165) is 34.1 Å². The van der Waals surface area contributed by atoms with Crippen LogP contribution >= 0.6 is 11.6 Å². The zero-order valence-electron chi connectivity index (χ0n) is 15.9. The van der Waals surface area contributed by atoms with Gasteiger partial charge in [0.1, 0.15) is 6.54 Å². The standard InChI is InChI=1S/C22H19ClN4O2/c1-22-20-17(16-7-2-3-8-18(16)25-20)9-10-26(22)19(28)13-27(21(22)29)24-12-14-5-4-6-15(23)11-14/h2-8,11-12,25H,9-10,13H2,1H3/b24-12-/t22-/m1/s1. The van der Waals surface area contributed by atoms with Crippen molar-refractivity contribution in [3.63, 3.8) is 0 Å². The summed E-state index contributed by atoms with van der Waals surface area (Å²) in [6.45, 7) is 2.25. The first-order valence-corrected chi connectivity index (χ1v) is 9.88. The smallest absolute Gasteiger partial charge is 0.275 e. The van der Waals surface area contributed by atoms with Gasteiger partial charge < -0.3 is 9.88 Å². The fraction of sp³-hybridized carbons (Fsp3) is 0.227. The Kier molecular flexibility index (Phi) is 3.99. The summed E-state index contributed by atoms with van der Waals surface area (Å²) >= 11 is 6.02. The second kappa shape index (κ2) is 6.46. The van der Waals surface area contributed by atoms with Crippen molar-refractivity contribution in [2.75, 3.05) is 13.1 Å². The number of halogens is 1. The molecule has 2 aromatic carbocycles. The predicted molar refractivity (Wildman–Crippen MR) is 112 cm³/mol. The third-order valence-electron chi connectivity index (χ3n) is 5.86. The second-order valence-electron chi connectivity index (χ2n) is 7.55. The molecule has 3 aromatic rings. The number of carbonyl (C=O) groups excluding carboxylic acids is 2. The molecule has 2 amide bonds. The molecule has 0 unspecified atom stereocenters. The third-order valence-corrected chi connectivity index (χ3v) is 6.09. The number of hydrazone groups is 1. The number of fused-ring (bicyclic) bond motifs is 5. The van der Waals surface area contributed by atoms with E-state index < -0.39 is 5.54 Å². The summed E-state index contributed by atoms with van der Waals surface area (Å²) in [5, 5.41) is 7.28. The number of hydrogen-bond acceptors (Lipinski definition) is 3. The van der Waals surface area contributed by atoms with Gasteiger partial charge in [-0.15, -0.1) is 0 Å². The fourth-order valence-corrected chi connectivity index (χ4v) is 4.61. The van der Waals surface area contributed by atoms with Crippen LogP contribution < -0.4 is 0 Å². The number of para-hydroxylation sites is 1. The molecule has 5 rings (SSSR count). The van der Waals surface area contributed by atoms with E-state index >= 15 is 0 Å². The van der Waals surface area contributed by atoms with Crippen molar-refractivity contribution in [2.24, 2.45) is 5.10 Å². The van der Waals surface area contributed by atoms with Gasteiger partial charge in [-0.3, -0.25) is 9.59 Å². The molecule has 7 heteroatoms. The maximum atomic E-state index is 13.5. The van der Waals surface area contributed by atoms with Gasteiger partial charge in [0.25, 0.3) is 5.91 Å². The molecule has 6 nitrogen and oxygen atoms in total. The van der Waals surface area contributed by atoms with Gasteiger partial charge in [-0.25, -0.2) is 5.01 Å². The molecule has 0 saturated carbocycles. The number of nitrogens with one attached hydrogen (secondary N) is 1. The van der Waals surface area contributed by atoms with E-state index in [4.69, 9.17) is 11.6 Å². The van der Waals surface area contributed by atoms with Crippen LogP contribution in [-0.4, -0.2) is 46.0 Å². The first-order valence-electron chi connectivity index (χ1n) is 9.50. The Labute approximate surface area is 172 Å². The molecule has 0 spiro atoms. The molecule has 0 bridgehead atoms. The van der Waals surface area contributed by atoms with Gasteiger partial charge in [-0.1, -0.05) is 41.9 Å². The molecule has 1 aromatic heterocycles. The van der Waals surface area contributed by atoms with E-state index in [1.54, 1.807) is 23.2 Å². The van der Waals surface area contributed by atoms with E-state index in [1.807, 2.05) is 43.3 Å². The highest BCUT2D eigenvalue weighted by molar-refractivity contribution is 6.30. The lowest BCUT2D eigenvalue weighted by Gasteiger charge is -2.48. The monoisotopic (exact) mass is 406 g/mol. The van der Waals surface area contributed by atoms with Gasteiger partial charge in [0.15, 0.2) is 5.54 Å². The van der Waals surface area contributed by atoms with Gasteiger partial charge in [0, 0.05) is 22.5 Å². The Balaban J connectivity index is 1.57. The molecule has 1 fully saturated rings. The van der Waals surface area contributed by atoms with E-state index in [0.29, 0.717) is 11.6 Å². The number of piperazine rings is 1. The highest BCUT2D eigenvalue weighted by Gasteiger charge is 2.54. The number of carbonyl (C=O) groups is 2. The number of rotatable bonds is 2. The maximum absolute atomic E-state index is 13.5. The van der Waals surface area contributed by atoms with E-state index in [1.165, 1.54) is 5.01 Å². The quantitative estimate of drug-likeness (QED) is 0.663. The molecule has 3 heterocycles. The minimum absolute atomic E-state index is 0.0684. The van der Waals surface area contributed by atoms with Gasteiger partial charge in [0.05, 0.1) is 11.9 Å². The summed E-state index contributed by atoms with van der Waals surface area (Å²) in [6, 6.07) is 15.2. The average Bonchev–Trinajstić information content (AvgIpc) is 3.10. The molecule has 1 atom stereocenters. The van der Waals surface area contributed by atoms with E-state index in [9.17, 15) is 9.59 Å². The van der Waals surface area contributed by atoms with Crippen molar-refractivity contribution in [1.82, 2.24) is 14.9 Å². The third kappa shape index (κ3) is 2.67. The first kappa shape index (κ1) is 17.9. The minimum atomic E-state index is -1.10. The van der Waals surface area contributed by atoms with Gasteiger partial charge in [-0.2, -0.15) is 5.10 Å². The number of nitrogens with zero attached hydrogens (tertiary/aromatic N) is 3. The molecule has 0 aliphatic carbocycles. The Hall–Kier alpha value is -3.12. The van der Waals surface area contributed by atoms with Gasteiger partial charge in [0.2, 0.25) is 5.91 Å². The SMILES string of the molecule is C[C@@]12C(=O)N(/N=C\c3cccc(Cl)c3)CC(=O)N1CCc1c2[nH]c2ccccc12. The Morgan fingerprint density at radius 1 is 1.17 bits per heavy atom. The maximum Gasteiger partial charge on any atom is 0.275 e. The molecule has 29 heavy (non-hydrogen) atoms. The second-order valence-corrected chi connectivity index (χ2v) is 7.99. The van der Waals surface area contributed by atoms with E-state index in [2.05, 4.69) is 10.1 Å². The van der Waals surface area contributed by atoms with Crippen molar-refractivity contribution in [3.8, 4) is 0 Å². The average molecular weight is 407 g/mol. The van der Waals surface area contributed by atoms with Crippen molar-refractivity contribution >= 4 is 40.5 Å². The van der Waals surface area contributed by atoms with E-state index in [-0.39, 0.29) is 18.4 Å². The molecule has 1 saturated heterocycles. The normalized spacial score (nSPS) is 21.7. The number of aromatic nitrogens is 1. The highest BCUT2D eigenvalue weighted by atomic mass is 35.5. The molecular weight excluding hydrogens is 388 g/mol. The Bertz CT molecular complexity index is 1180. The number of benzene rings is 2. The Morgan fingerprint density at radius 3 is 2.83 bits per heavy atom. The minimum Gasteiger partial charge on any atom is -0.356 e. The lowest BCUT2D eigenvalue weighted by molar-refractivity contribution is -0.165. The largest absolute Gasteiger partial charge is 0.356 e. The van der Waals surface area contributed by atoms with Crippen molar-refractivity contribution in [3.05, 3.63) is 70.4 Å². The predicted octanol–water partition coefficient (Wildman–Crippen LogP) is 3.30. The van der Waals surface area contributed by atoms with Crippen molar-refractivity contribution < 1.29 is 9.59 Å². The van der Waals surface area contributed by atoms with Crippen LogP contribution in [0, 0.1) is 0 Å². The summed E-state index contributed by atoms with van der Waals surface area (Å²) in [4.78, 5) is 31.5. The summed E-state index contributed by atoms with van der Waals surface area (Å²) in [5.41, 5.74) is 2.51. The Morgan fingerprint density at radius 2 is 2.00 bits per heavy atom. The number of amides is 2. The summed E-state index contributed by atoms with van der Waals surface area (Å²) in [5.74, 6) is -0.331. The van der Waals surface area contributed by atoms with Crippen LogP contribution in [0.1, 0.15) is 23.7 Å². The van der Waals surface area contributed by atoms with Crippen LogP contribution in [0.15, 0.2) is 53.6 Å². The zero-order chi connectivity index (χ0) is 20.2. The zero-order valence-corrected chi connectivity index (χ0v) is 16.6. The molecule has 1 N–H and O–H groups in total. The van der Waals surface area contributed by atoms with Crippen LogP contribution in [0.4, 0.5) is 0 Å². The summed E-state index contributed by atoms with van der Waals surface area (Å²) in [6.07, 6.45) is 2.28. The topological polar surface area (TPSA) is 68.8 Å². The lowest BCUT2D eigenvalue weighted by Crippen LogP contribution is -2.65. The van der Waals surface area contributed by atoms with Crippen LogP contribution in [-0.2, 0) is 21.5 Å². The first-order chi connectivity index (χ1) is 14.0. The van der Waals surface area contributed by atoms with Crippen LogP contribution in [0.25, 0.3) is 10.9 Å². The van der Waals surface area contributed by atoms with Crippen LogP contribution in [0.2, 0.25) is 5.02 Å². The number of H-pyrrole nitrogens is 1. The summed E-state index contributed by atoms with van der Waals surface area (Å²) < 4.78 is 0. The van der Waals surface area contributed by atoms with Crippen LogP contribution in [0.3, 0.4) is 0 Å². The lowest BCUT2D eigenvalue weighted by atomic mass is 9.83. The van der Waals surface area contributed by atoms with Crippen LogP contribution in [0.5, 0.6) is 0 Å². The van der Waals surface area contributed by atoms with Gasteiger partial charge >= 0.3 is 0 Å². The fourth-order valence-electron chi connectivity index (χ4n) is 4.41. The van der Waals surface area contributed by atoms with Gasteiger partial charge in [-0.05, 0) is 42.7 Å². The molecule has 2 aliphatic heterocycles. The molecular formula is C22H19ClN4O2. The number of aromatic amines is 1. The molecule has 2 aliphatic rings. The molecule has 0 radical (unpaired) electrons. The number of hydrogen-bond donors (Lipinski definition) is 1. The van der Waals surface area contributed by atoms with Crippen molar-refractivity contribution in [2.45, 2.75) is 18.9 Å². The van der Waals surface area contributed by atoms with Crippen molar-refractivity contribution in [1.29, 1.82) is 0 Å². The summed E-state index contributed by atoms with van der Waals surface area (Å²) in [7, 11) is 0. The highest BCUT2D eigenvalue weighted by Crippen LogP contribution is 2.41.